The van der Waals surface area contributed by atoms with Gasteiger partial charge in [0, 0.05) is 38.2 Å². The summed E-state index contributed by atoms with van der Waals surface area (Å²) in [7, 11) is 0. The first-order valence-electron chi connectivity index (χ1n) is 11.0. The number of carbonyl (C=O) groups excluding carboxylic acids is 1. The summed E-state index contributed by atoms with van der Waals surface area (Å²) in [5, 5.41) is 7.67. The zero-order valence-corrected chi connectivity index (χ0v) is 19.2. The van der Waals surface area contributed by atoms with E-state index in [2.05, 4.69) is 34.6 Å². The van der Waals surface area contributed by atoms with E-state index in [0.29, 0.717) is 6.54 Å². The molecule has 32 heavy (non-hydrogen) atoms. The molecular weight excluding hydrogens is 424 g/mol. The number of aryl methyl sites for hydroxylation is 1. The molecule has 2 aromatic carbocycles. The van der Waals surface area contributed by atoms with Crippen molar-refractivity contribution in [2.45, 2.75) is 44.9 Å². The molecule has 2 fully saturated rings. The summed E-state index contributed by atoms with van der Waals surface area (Å²) < 4.78 is 10.9. The van der Waals surface area contributed by atoms with E-state index in [9.17, 15) is 4.79 Å². The normalized spacial score (nSPS) is 21.3. The number of ether oxygens (including phenoxy) is 2. The topological polar surface area (TPSA) is 66.1 Å². The van der Waals surface area contributed by atoms with Gasteiger partial charge in [0.05, 0.1) is 11.7 Å². The molecule has 0 bridgehead atoms. The van der Waals surface area contributed by atoms with Gasteiger partial charge in [0.25, 0.3) is 0 Å². The molecule has 3 heterocycles. The molecule has 2 saturated heterocycles. The number of likely N-dealkylation sites (tertiary alicyclic amines) is 1. The van der Waals surface area contributed by atoms with Crippen molar-refractivity contribution in [2.24, 2.45) is 0 Å². The third kappa shape index (κ3) is 3.89. The van der Waals surface area contributed by atoms with Gasteiger partial charge in [-0.15, -0.1) is 0 Å². The van der Waals surface area contributed by atoms with Crippen LogP contribution in [0.3, 0.4) is 0 Å². The molecule has 2 aromatic rings. The molecule has 168 valence electrons. The molecule has 1 atom stereocenters. The van der Waals surface area contributed by atoms with Gasteiger partial charge in [-0.05, 0) is 61.5 Å². The predicted octanol–water partition coefficient (Wildman–Crippen LogP) is 3.23. The van der Waals surface area contributed by atoms with E-state index >= 15 is 0 Å². The molecule has 7 nitrogen and oxygen atoms in total. The Labute approximate surface area is 193 Å². The smallest absolute Gasteiger partial charge is 0.241 e. The van der Waals surface area contributed by atoms with Crippen molar-refractivity contribution in [3.8, 4) is 11.5 Å². The maximum atomic E-state index is 13.1. The molecule has 8 heteroatoms. The summed E-state index contributed by atoms with van der Waals surface area (Å²) >= 11 is 5.68. The Morgan fingerprint density at radius 3 is 2.75 bits per heavy atom. The standard InChI is InChI=1S/C24H28N4O3S/c1-16-4-3-5-19(12-16)25-23(32)27-10-8-24(9-11-27)26-17(2)22(29)28(24)14-18-6-7-20-21(13-18)31-15-30-20/h3-7,12-13,17,26H,8-11,14-15H2,1-2H3,(H,25,32). The zero-order valence-electron chi connectivity index (χ0n) is 18.4. The Bertz CT molecular complexity index is 1050. The highest BCUT2D eigenvalue weighted by molar-refractivity contribution is 7.80. The van der Waals surface area contributed by atoms with E-state index in [1.54, 1.807) is 0 Å². The van der Waals surface area contributed by atoms with Gasteiger partial charge in [0.1, 0.15) is 0 Å². The van der Waals surface area contributed by atoms with Gasteiger partial charge >= 0.3 is 0 Å². The summed E-state index contributed by atoms with van der Waals surface area (Å²) in [5.74, 6) is 1.63. The lowest BCUT2D eigenvalue weighted by Crippen LogP contribution is -2.59. The van der Waals surface area contributed by atoms with Crippen LogP contribution >= 0.6 is 12.2 Å². The molecule has 3 aliphatic rings. The second-order valence-corrected chi connectivity index (χ2v) is 9.18. The van der Waals surface area contributed by atoms with Crippen molar-refractivity contribution in [3.63, 3.8) is 0 Å². The first-order valence-corrected chi connectivity index (χ1v) is 11.4. The van der Waals surface area contributed by atoms with Crippen LogP contribution in [0, 0.1) is 6.92 Å². The molecule has 5 rings (SSSR count). The largest absolute Gasteiger partial charge is 0.454 e. The highest BCUT2D eigenvalue weighted by Crippen LogP contribution is 2.37. The van der Waals surface area contributed by atoms with Gasteiger partial charge in [0.15, 0.2) is 16.6 Å². The minimum atomic E-state index is -0.359. The average molecular weight is 453 g/mol. The number of anilines is 1. The summed E-state index contributed by atoms with van der Waals surface area (Å²) in [6.45, 7) is 6.36. The van der Waals surface area contributed by atoms with Crippen LogP contribution in [-0.4, -0.2) is 52.4 Å². The SMILES string of the molecule is Cc1cccc(NC(=S)N2CCC3(CC2)NC(C)C(=O)N3Cc2ccc3c(c2)OCO3)c1. The van der Waals surface area contributed by atoms with Gasteiger partial charge in [-0.25, -0.2) is 0 Å². The van der Waals surface area contributed by atoms with Crippen LogP contribution in [0.2, 0.25) is 0 Å². The molecular formula is C24H28N4O3S. The molecule has 0 saturated carbocycles. The van der Waals surface area contributed by atoms with Crippen LogP contribution < -0.4 is 20.1 Å². The molecule has 0 aromatic heterocycles. The number of nitrogens with zero attached hydrogens (tertiary/aromatic N) is 2. The number of nitrogens with one attached hydrogen (secondary N) is 2. The third-order valence-corrected chi connectivity index (χ3v) is 6.92. The number of hydrogen-bond donors (Lipinski definition) is 2. The van der Waals surface area contributed by atoms with Crippen LogP contribution in [0.5, 0.6) is 11.5 Å². The Balaban J connectivity index is 1.27. The number of fused-ring (bicyclic) bond motifs is 1. The molecule has 1 unspecified atom stereocenters. The quantitative estimate of drug-likeness (QED) is 0.693. The van der Waals surface area contributed by atoms with E-state index in [1.807, 2.05) is 42.2 Å². The van der Waals surface area contributed by atoms with Crippen molar-refractivity contribution >= 4 is 28.9 Å². The van der Waals surface area contributed by atoms with Gasteiger partial charge in [0.2, 0.25) is 12.7 Å². The molecule has 1 amide bonds. The Morgan fingerprint density at radius 1 is 1.19 bits per heavy atom. The summed E-state index contributed by atoms with van der Waals surface area (Å²) in [4.78, 5) is 17.3. The highest BCUT2D eigenvalue weighted by Gasteiger charge is 2.50. The lowest BCUT2D eigenvalue weighted by Gasteiger charge is -2.45. The van der Waals surface area contributed by atoms with Crippen molar-refractivity contribution < 1.29 is 14.3 Å². The van der Waals surface area contributed by atoms with Gasteiger partial charge < -0.3 is 24.6 Å². The van der Waals surface area contributed by atoms with Crippen molar-refractivity contribution in [2.75, 3.05) is 25.2 Å². The first kappa shape index (κ1) is 21.0. The lowest BCUT2D eigenvalue weighted by atomic mass is 9.95. The van der Waals surface area contributed by atoms with E-state index in [-0.39, 0.29) is 24.4 Å². The van der Waals surface area contributed by atoms with E-state index in [4.69, 9.17) is 21.7 Å². The molecule has 1 spiro atoms. The highest BCUT2D eigenvalue weighted by atomic mass is 32.1. The van der Waals surface area contributed by atoms with Crippen molar-refractivity contribution in [1.82, 2.24) is 15.1 Å². The summed E-state index contributed by atoms with van der Waals surface area (Å²) in [5.41, 5.74) is 2.87. The lowest BCUT2D eigenvalue weighted by molar-refractivity contribution is -0.133. The monoisotopic (exact) mass is 452 g/mol. The second kappa shape index (κ2) is 8.26. The molecule has 0 aliphatic carbocycles. The Morgan fingerprint density at radius 2 is 1.97 bits per heavy atom. The maximum absolute atomic E-state index is 13.1. The first-order chi connectivity index (χ1) is 15.4. The van der Waals surface area contributed by atoms with Crippen LogP contribution in [0.4, 0.5) is 5.69 Å². The van der Waals surface area contributed by atoms with Gasteiger partial charge in [-0.2, -0.15) is 0 Å². The minimum absolute atomic E-state index is 0.136. The number of hydrogen-bond acceptors (Lipinski definition) is 5. The maximum Gasteiger partial charge on any atom is 0.241 e. The fourth-order valence-electron chi connectivity index (χ4n) is 4.86. The predicted molar refractivity (Wildman–Crippen MR) is 127 cm³/mol. The number of thiocarbonyl (C=S) groups is 1. The van der Waals surface area contributed by atoms with Crippen LogP contribution in [0.25, 0.3) is 0 Å². The van der Waals surface area contributed by atoms with Crippen LogP contribution in [0.15, 0.2) is 42.5 Å². The molecule has 2 N–H and O–H groups in total. The summed E-state index contributed by atoms with van der Waals surface area (Å²) in [6.07, 6.45) is 1.62. The fraction of sp³-hybridized carbons (Fsp3) is 0.417. The van der Waals surface area contributed by atoms with Gasteiger partial charge in [-0.1, -0.05) is 18.2 Å². The fourth-order valence-corrected chi connectivity index (χ4v) is 5.16. The van der Waals surface area contributed by atoms with E-state index in [1.165, 1.54) is 5.56 Å². The van der Waals surface area contributed by atoms with E-state index in [0.717, 1.165) is 53.8 Å². The van der Waals surface area contributed by atoms with Crippen LogP contribution in [-0.2, 0) is 11.3 Å². The van der Waals surface area contributed by atoms with E-state index < -0.39 is 0 Å². The number of rotatable bonds is 3. The van der Waals surface area contributed by atoms with Crippen molar-refractivity contribution in [3.05, 3.63) is 53.6 Å². The number of benzene rings is 2. The Kier molecular flexibility index (Phi) is 5.43. The van der Waals surface area contributed by atoms with Crippen LogP contribution in [0.1, 0.15) is 30.9 Å². The average Bonchev–Trinajstić information content (AvgIpc) is 3.33. The number of piperidine rings is 1. The number of carbonyl (C=O) groups is 1. The summed E-state index contributed by atoms with van der Waals surface area (Å²) in [6, 6.07) is 13.9. The van der Waals surface area contributed by atoms with Gasteiger partial charge in [-0.3, -0.25) is 10.1 Å². The zero-order chi connectivity index (χ0) is 22.3. The second-order valence-electron chi connectivity index (χ2n) is 8.80. The number of amides is 1. The Hall–Kier alpha value is -2.84. The minimum Gasteiger partial charge on any atom is -0.454 e. The third-order valence-electron chi connectivity index (χ3n) is 6.56. The molecule has 0 radical (unpaired) electrons. The molecule has 3 aliphatic heterocycles. The van der Waals surface area contributed by atoms with Crippen molar-refractivity contribution in [1.29, 1.82) is 0 Å².